The monoisotopic (exact) mass is 192 g/mol. The highest BCUT2D eigenvalue weighted by molar-refractivity contribution is 5.77. The van der Waals surface area contributed by atoms with Crippen molar-refractivity contribution in [2.45, 2.75) is 25.7 Å². The number of phenolic OH excluding ortho intramolecular Hbond substituents is 1. The van der Waals surface area contributed by atoms with E-state index in [0.29, 0.717) is 12.2 Å². The lowest BCUT2D eigenvalue weighted by atomic mass is 9.79. The number of hydrogen-bond acceptors (Lipinski definition) is 3. The largest absolute Gasteiger partial charge is 0.508 e. The molecule has 0 aromatic heterocycles. The molecule has 0 unspecified atom stereocenters. The van der Waals surface area contributed by atoms with Crippen LogP contribution in [0.5, 0.6) is 11.5 Å². The summed E-state index contributed by atoms with van der Waals surface area (Å²) in [6.07, 6.45) is 0.380. The molecular weight excluding hydrogens is 180 g/mol. The number of carbonyl (C=O) groups is 1. The van der Waals surface area contributed by atoms with Gasteiger partial charge in [0.2, 0.25) is 0 Å². The molecule has 3 nitrogen and oxygen atoms in total. The Morgan fingerprint density at radius 2 is 2.14 bits per heavy atom. The molecule has 2 rings (SSSR count). The van der Waals surface area contributed by atoms with Gasteiger partial charge in [0.25, 0.3) is 0 Å². The molecule has 1 aromatic rings. The van der Waals surface area contributed by atoms with Crippen LogP contribution in [-0.2, 0) is 10.2 Å². The summed E-state index contributed by atoms with van der Waals surface area (Å²) in [5.41, 5.74) is 0.758. The molecule has 74 valence electrons. The summed E-state index contributed by atoms with van der Waals surface area (Å²) in [6.45, 7) is 3.98. The molecule has 0 fully saturated rings. The van der Waals surface area contributed by atoms with Crippen LogP contribution >= 0.6 is 0 Å². The Kier molecular flexibility index (Phi) is 1.77. The van der Waals surface area contributed by atoms with Crippen LogP contribution in [0.15, 0.2) is 18.2 Å². The number of phenols is 1. The zero-order valence-corrected chi connectivity index (χ0v) is 8.20. The second-order valence-corrected chi connectivity index (χ2v) is 4.22. The van der Waals surface area contributed by atoms with Gasteiger partial charge in [-0.05, 0) is 6.07 Å². The molecule has 3 heteroatoms. The Morgan fingerprint density at radius 3 is 2.86 bits per heavy atom. The highest BCUT2D eigenvalue weighted by atomic mass is 16.5. The number of carbonyl (C=O) groups excluding carboxylic acids is 1. The smallest absolute Gasteiger partial charge is 0.312 e. The van der Waals surface area contributed by atoms with Crippen LogP contribution in [0.25, 0.3) is 0 Å². The molecule has 0 aliphatic carbocycles. The SMILES string of the molecule is CC1(C)CC(=O)Oc2cc(O)ccc21. The van der Waals surface area contributed by atoms with Crippen molar-refractivity contribution in [1.29, 1.82) is 0 Å². The summed E-state index contributed by atoms with van der Waals surface area (Å²) < 4.78 is 5.05. The van der Waals surface area contributed by atoms with Gasteiger partial charge in [-0.25, -0.2) is 0 Å². The van der Waals surface area contributed by atoms with E-state index in [2.05, 4.69) is 0 Å². The molecule has 1 aromatic carbocycles. The maximum atomic E-state index is 11.2. The van der Waals surface area contributed by atoms with Crippen molar-refractivity contribution >= 4 is 5.97 Å². The minimum absolute atomic E-state index is 0.120. The van der Waals surface area contributed by atoms with Gasteiger partial charge in [0, 0.05) is 17.0 Å². The third-order valence-electron chi connectivity index (χ3n) is 2.50. The van der Waals surface area contributed by atoms with Crippen molar-refractivity contribution in [2.24, 2.45) is 0 Å². The van der Waals surface area contributed by atoms with Crippen LogP contribution in [0.1, 0.15) is 25.8 Å². The molecule has 0 spiro atoms. The molecule has 0 atom stereocenters. The molecule has 0 saturated carbocycles. The molecule has 14 heavy (non-hydrogen) atoms. The second kappa shape index (κ2) is 2.74. The van der Waals surface area contributed by atoms with Crippen LogP contribution in [0.3, 0.4) is 0 Å². The fourth-order valence-electron chi connectivity index (χ4n) is 1.77. The van der Waals surface area contributed by atoms with Crippen LogP contribution in [0, 0.1) is 0 Å². The number of ether oxygens (including phenoxy) is 1. The Balaban J connectivity index is 2.57. The topological polar surface area (TPSA) is 46.5 Å². The maximum Gasteiger partial charge on any atom is 0.312 e. The lowest BCUT2D eigenvalue weighted by Crippen LogP contribution is -2.30. The van der Waals surface area contributed by atoms with Gasteiger partial charge in [-0.2, -0.15) is 0 Å². The summed E-state index contributed by atoms with van der Waals surface area (Å²) in [4.78, 5) is 11.2. The van der Waals surface area contributed by atoms with Crippen LogP contribution in [0.2, 0.25) is 0 Å². The van der Waals surface area contributed by atoms with Crippen LogP contribution in [-0.4, -0.2) is 11.1 Å². The van der Waals surface area contributed by atoms with Gasteiger partial charge in [0.1, 0.15) is 11.5 Å². The van der Waals surface area contributed by atoms with E-state index >= 15 is 0 Å². The van der Waals surface area contributed by atoms with E-state index < -0.39 is 0 Å². The lowest BCUT2D eigenvalue weighted by molar-refractivity contribution is -0.136. The van der Waals surface area contributed by atoms with Crippen molar-refractivity contribution in [2.75, 3.05) is 0 Å². The Morgan fingerprint density at radius 1 is 1.43 bits per heavy atom. The van der Waals surface area contributed by atoms with Gasteiger partial charge in [0.05, 0.1) is 6.42 Å². The predicted octanol–water partition coefficient (Wildman–Crippen LogP) is 1.98. The minimum Gasteiger partial charge on any atom is -0.508 e. The average molecular weight is 192 g/mol. The van der Waals surface area contributed by atoms with E-state index in [1.807, 2.05) is 13.8 Å². The maximum absolute atomic E-state index is 11.2. The zero-order valence-electron chi connectivity index (χ0n) is 8.20. The molecular formula is C11H12O3. The van der Waals surface area contributed by atoms with E-state index in [9.17, 15) is 9.90 Å². The highest BCUT2D eigenvalue weighted by Gasteiger charge is 2.33. The van der Waals surface area contributed by atoms with E-state index in [0.717, 1.165) is 5.56 Å². The first-order chi connectivity index (χ1) is 6.49. The molecule has 1 aliphatic rings. The predicted molar refractivity (Wildman–Crippen MR) is 51.4 cm³/mol. The van der Waals surface area contributed by atoms with E-state index in [4.69, 9.17) is 4.74 Å². The number of hydrogen-bond donors (Lipinski definition) is 1. The molecule has 0 bridgehead atoms. The van der Waals surface area contributed by atoms with Crippen molar-refractivity contribution < 1.29 is 14.6 Å². The summed E-state index contributed by atoms with van der Waals surface area (Å²) in [5.74, 6) is 0.355. The lowest BCUT2D eigenvalue weighted by Gasteiger charge is -2.30. The van der Waals surface area contributed by atoms with Gasteiger partial charge in [-0.3, -0.25) is 4.79 Å². The Hall–Kier alpha value is -1.51. The van der Waals surface area contributed by atoms with Gasteiger partial charge >= 0.3 is 5.97 Å². The molecule has 0 amide bonds. The quantitative estimate of drug-likeness (QED) is 0.505. The average Bonchev–Trinajstić information content (AvgIpc) is 2.00. The van der Waals surface area contributed by atoms with E-state index in [-0.39, 0.29) is 17.1 Å². The molecule has 0 saturated heterocycles. The third kappa shape index (κ3) is 1.35. The van der Waals surface area contributed by atoms with Crippen molar-refractivity contribution in [3.63, 3.8) is 0 Å². The van der Waals surface area contributed by atoms with Crippen molar-refractivity contribution in [3.05, 3.63) is 23.8 Å². The molecule has 1 aliphatic heterocycles. The number of rotatable bonds is 0. The van der Waals surface area contributed by atoms with Crippen molar-refractivity contribution in [1.82, 2.24) is 0 Å². The minimum atomic E-state index is -0.242. The van der Waals surface area contributed by atoms with Crippen LogP contribution < -0.4 is 4.74 Å². The first-order valence-corrected chi connectivity index (χ1v) is 4.53. The highest BCUT2D eigenvalue weighted by Crippen LogP contribution is 2.40. The summed E-state index contributed by atoms with van der Waals surface area (Å²) in [5, 5.41) is 9.25. The Labute approximate surface area is 82.3 Å². The third-order valence-corrected chi connectivity index (χ3v) is 2.50. The zero-order chi connectivity index (χ0) is 10.3. The summed E-state index contributed by atoms with van der Waals surface area (Å²) >= 11 is 0. The molecule has 0 radical (unpaired) electrons. The number of esters is 1. The van der Waals surface area contributed by atoms with E-state index in [1.165, 1.54) is 6.07 Å². The molecule has 1 N–H and O–H groups in total. The molecule has 1 heterocycles. The summed E-state index contributed by atoms with van der Waals surface area (Å²) in [7, 11) is 0. The Bertz CT molecular complexity index is 394. The number of aromatic hydroxyl groups is 1. The van der Waals surface area contributed by atoms with Gasteiger partial charge in [-0.1, -0.05) is 19.9 Å². The normalized spacial score (nSPS) is 18.6. The second-order valence-electron chi connectivity index (χ2n) is 4.22. The summed E-state index contributed by atoms with van der Waals surface area (Å²) in [6, 6.07) is 4.89. The fraction of sp³-hybridized carbons (Fsp3) is 0.364. The van der Waals surface area contributed by atoms with E-state index in [1.54, 1.807) is 12.1 Å². The van der Waals surface area contributed by atoms with Crippen molar-refractivity contribution in [3.8, 4) is 11.5 Å². The standard InChI is InChI=1S/C11H12O3/c1-11(2)6-10(13)14-9-5-7(12)3-4-8(9)11/h3-5,12H,6H2,1-2H3. The van der Waals surface area contributed by atoms with Gasteiger partial charge in [-0.15, -0.1) is 0 Å². The number of fused-ring (bicyclic) bond motifs is 1. The first kappa shape index (κ1) is 9.06. The first-order valence-electron chi connectivity index (χ1n) is 4.53. The van der Waals surface area contributed by atoms with Gasteiger partial charge in [0.15, 0.2) is 0 Å². The van der Waals surface area contributed by atoms with Crippen LogP contribution in [0.4, 0.5) is 0 Å². The fourth-order valence-corrected chi connectivity index (χ4v) is 1.77. The van der Waals surface area contributed by atoms with Gasteiger partial charge < -0.3 is 9.84 Å². The number of benzene rings is 1.